The molecule has 0 unspecified atom stereocenters. The first-order chi connectivity index (χ1) is 7.75. The predicted octanol–water partition coefficient (Wildman–Crippen LogP) is 1.80. The average Bonchev–Trinajstić information content (AvgIpc) is 2.76. The molecule has 4 heteroatoms. The summed E-state index contributed by atoms with van der Waals surface area (Å²) in [5.74, 6) is -0.201. The van der Waals surface area contributed by atoms with Crippen LogP contribution in [0.4, 0.5) is 4.39 Å². The van der Waals surface area contributed by atoms with Crippen molar-refractivity contribution in [1.82, 2.24) is 5.32 Å². The second kappa shape index (κ2) is 5.27. The lowest BCUT2D eigenvalue weighted by Crippen LogP contribution is -2.25. The molecule has 0 aromatic heterocycles. The Kier molecular flexibility index (Phi) is 3.74. The Morgan fingerprint density at radius 1 is 1.50 bits per heavy atom. The third-order valence-corrected chi connectivity index (χ3v) is 2.75. The zero-order valence-corrected chi connectivity index (χ0v) is 9.08. The lowest BCUT2D eigenvalue weighted by molar-refractivity contribution is 0.110. The van der Waals surface area contributed by atoms with Gasteiger partial charge < -0.3 is 15.2 Å². The van der Waals surface area contributed by atoms with Gasteiger partial charge in [-0.15, -0.1) is 0 Å². The highest BCUT2D eigenvalue weighted by atomic mass is 19.1. The summed E-state index contributed by atoms with van der Waals surface area (Å²) in [6.45, 7) is 2.04. The molecule has 1 aromatic carbocycles. The number of benzene rings is 1. The van der Waals surface area contributed by atoms with Crippen molar-refractivity contribution in [3.63, 3.8) is 0 Å². The van der Waals surface area contributed by atoms with E-state index in [1.54, 1.807) is 0 Å². The van der Waals surface area contributed by atoms with E-state index in [1.165, 1.54) is 18.2 Å². The van der Waals surface area contributed by atoms with Gasteiger partial charge in [0.05, 0.1) is 6.10 Å². The van der Waals surface area contributed by atoms with Gasteiger partial charge in [-0.25, -0.2) is 4.39 Å². The van der Waals surface area contributed by atoms with Crippen LogP contribution >= 0.6 is 0 Å². The second-order valence-corrected chi connectivity index (χ2v) is 4.04. The van der Waals surface area contributed by atoms with Crippen molar-refractivity contribution in [2.45, 2.75) is 25.5 Å². The molecule has 0 aliphatic carbocycles. The number of phenols is 1. The number of halogens is 1. The number of phenolic OH excluding ortho intramolecular Hbond substituents is 1. The van der Waals surface area contributed by atoms with Gasteiger partial charge in [0.15, 0.2) is 0 Å². The molecule has 3 nitrogen and oxygen atoms in total. The molecule has 0 amide bonds. The molecule has 1 heterocycles. The summed E-state index contributed by atoms with van der Waals surface area (Å²) in [5.41, 5.74) is 0.581. The fraction of sp³-hybridized carbons (Fsp3) is 0.500. The largest absolute Gasteiger partial charge is 0.508 e. The molecule has 1 saturated heterocycles. The van der Waals surface area contributed by atoms with E-state index in [0.717, 1.165) is 26.0 Å². The number of aromatic hydroxyl groups is 1. The second-order valence-electron chi connectivity index (χ2n) is 4.04. The standard InChI is InChI=1S/C12H16FNO2/c13-10-3-4-12(15)9(6-10)7-14-8-11-2-1-5-16-11/h3-4,6,11,14-15H,1-2,5,7-8H2/t11-/m0/s1. The molecule has 1 fully saturated rings. The van der Waals surface area contributed by atoms with Crippen LogP contribution in [0.15, 0.2) is 18.2 Å². The molecule has 1 aromatic rings. The molecule has 2 N–H and O–H groups in total. The van der Waals surface area contributed by atoms with E-state index in [9.17, 15) is 9.50 Å². The van der Waals surface area contributed by atoms with Crippen molar-refractivity contribution in [3.8, 4) is 5.75 Å². The number of ether oxygens (including phenoxy) is 1. The Morgan fingerprint density at radius 3 is 3.12 bits per heavy atom. The molecule has 16 heavy (non-hydrogen) atoms. The fourth-order valence-corrected chi connectivity index (χ4v) is 1.87. The van der Waals surface area contributed by atoms with Gasteiger partial charge in [0.2, 0.25) is 0 Å². The van der Waals surface area contributed by atoms with Gasteiger partial charge in [-0.2, -0.15) is 0 Å². The highest BCUT2D eigenvalue weighted by Gasteiger charge is 2.14. The first-order valence-electron chi connectivity index (χ1n) is 5.55. The topological polar surface area (TPSA) is 41.5 Å². The molecule has 1 aliphatic rings. The maximum atomic E-state index is 12.9. The van der Waals surface area contributed by atoms with Crippen LogP contribution < -0.4 is 5.32 Å². The summed E-state index contributed by atoms with van der Waals surface area (Å²) in [6, 6.07) is 3.97. The molecule has 1 aliphatic heterocycles. The van der Waals surface area contributed by atoms with Gasteiger partial charge in [-0.05, 0) is 31.0 Å². The van der Waals surface area contributed by atoms with Crippen molar-refractivity contribution in [2.75, 3.05) is 13.2 Å². The quantitative estimate of drug-likeness (QED) is 0.821. The van der Waals surface area contributed by atoms with Crippen LogP contribution in [0, 0.1) is 5.82 Å². The predicted molar refractivity (Wildman–Crippen MR) is 58.7 cm³/mol. The molecule has 0 radical (unpaired) electrons. The van der Waals surface area contributed by atoms with Crippen molar-refractivity contribution >= 4 is 0 Å². The Morgan fingerprint density at radius 2 is 2.38 bits per heavy atom. The van der Waals surface area contributed by atoms with E-state index >= 15 is 0 Å². The van der Waals surface area contributed by atoms with E-state index in [0.29, 0.717) is 12.1 Å². The first-order valence-corrected chi connectivity index (χ1v) is 5.55. The number of rotatable bonds is 4. The summed E-state index contributed by atoms with van der Waals surface area (Å²) >= 11 is 0. The van der Waals surface area contributed by atoms with Gasteiger partial charge in [0, 0.05) is 25.3 Å². The summed E-state index contributed by atoms with van der Waals surface area (Å²) in [7, 11) is 0. The van der Waals surface area contributed by atoms with Gasteiger partial charge in [-0.1, -0.05) is 0 Å². The zero-order chi connectivity index (χ0) is 11.4. The number of hydrogen-bond donors (Lipinski definition) is 2. The Labute approximate surface area is 94.2 Å². The molecule has 0 saturated carbocycles. The van der Waals surface area contributed by atoms with E-state index in [2.05, 4.69) is 5.32 Å². The van der Waals surface area contributed by atoms with E-state index < -0.39 is 0 Å². The molecule has 88 valence electrons. The molecule has 0 spiro atoms. The van der Waals surface area contributed by atoms with Crippen LogP contribution in [0.25, 0.3) is 0 Å². The zero-order valence-electron chi connectivity index (χ0n) is 9.08. The molecule has 0 bridgehead atoms. The van der Waals surface area contributed by atoms with Crippen LogP contribution in [0.1, 0.15) is 18.4 Å². The van der Waals surface area contributed by atoms with Gasteiger partial charge in [-0.3, -0.25) is 0 Å². The SMILES string of the molecule is Oc1ccc(F)cc1CNC[C@@H]1CCCO1. The summed E-state index contributed by atoms with van der Waals surface area (Å²) < 4.78 is 18.4. The summed E-state index contributed by atoms with van der Waals surface area (Å²) in [4.78, 5) is 0. The Hall–Kier alpha value is -1.13. The van der Waals surface area contributed by atoms with E-state index in [-0.39, 0.29) is 17.7 Å². The summed E-state index contributed by atoms with van der Waals surface area (Å²) in [6.07, 6.45) is 2.44. The van der Waals surface area contributed by atoms with Crippen molar-refractivity contribution in [2.24, 2.45) is 0 Å². The van der Waals surface area contributed by atoms with Crippen LogP contribution in [0.3, 0.4) is 0 Å². The molecular weight excluding hydrogens is 209 g/mol. The van der Waals surface area contributed by atoms with Crippen LogP contribution in [0.2, 0.25) is 0 Å². The molecule has 1 atom stereocenters. The lowest BCUT2D eigenvalue weighted by Gasteiger charge is -2.11. The highest BCUT2D eigenvalue weighted by molar-refractivity contribution is 5.32. The average molecular weight is 225 g/mol. The maximum absolute atomic E-state index is 12.9. The van der Waals surface area contributed by atoms with E-state index in [1.807, 2.05) is 0 Å². The Bertz CT molecular complexity index is 351. The third-order valence-electron chi connectivity index (χ3n) is 2.75. The number of nitrogens with one attached hydrogen (secondary N) is 1. The fourth-order valence-electron chi connectivity index (χ4n) is 1.87. The Balaban J connectivity index is 1.82. The van der Waals surface area contributed by atoms with Crippen LogP contribution in [0.5, 0.6) is 5.75 Å². The van der Waals surface area contributed by atoms with Crippen LogP contribution in [-0.2, 0) is 11.3 Å². The minimum atomic E-state index is -0.327. The van der Waals surface area contributed by atoms with Crippen molar-refractivity contribution in [1.29, 1.82) is 0 Å². The van der Waals surface area contributed by atoms with Crippen molar-refractivity contribution < 1.29 is 14.2 Å². The molecule has 2 rings (SSSR count). The minimum absolute atomic E-state index is 0.126. The smallest absolute Gasteiger partial charge is 0.123 e. The van der Waals surface area contributed by atoms with Crippen molar-refractivity contribution in [3.05, 3.63) is 29.6 Å². The minimum Gasteiger partial charge on any atom is -0.508 e. The summed E-state index contributed by atoms with van der Waals surface area (Å²) in [5, 5.41) is 12.6. The third kappa shape index (κ3) is 2.93. The first kappa shape index (κ1) is 11.4. The van der Waals surface area contributed by atoms with Gasteiger partial charge >= 0.3 is 0 Å². The monoisotopic (exact) mass is 225 g/mol. The number of hydrogen-bond acceptors (Lipinski definition) is 3. The highest BCUT2D eigenvalue weighted by Crippen LogP contribution is 2.17. The van der Waals surface area contributed by atoms with E-state index in [4.69, 9.17) is 4.74 Å². The lowest BCUT2D eigenvalue weighted by atomic mass is 10.2. The van der Waals surface area contributed by atoms with Crippen LogP contribution in [-0.4, -0.2) is 24.4 Å². The van der Waals surface area contributed by atoms with Gasteiger partial charge in [0.1, 0.15) is 11.6 Å². The van der Waals surface area contributed by atoms with Gasteiger partial charge in [0.25, 0.3) is 0 Å². The maximum Gasteiger partial charge on any atom is 0.123 e. The normalized spacial score (nSPS) is 20.2. The molecular formula is C12H16FNO2.